The van der Waals surface area contributed by atoms with E-state index in [0.717, 1.165) is 11.1 Å². The maximum atomic E-state index is 13.2. The van der Waals surface area contributed by atoms with Gasteiger partial charge in [-0.15, -0.1) is 0 Å². The lowest BCUT2D eigenvalue weighted by molar-refractivity contribution is 0.103. The van der Waals surface area contributed by atoms with Crippen molar-refractivity contribution >= 4 is 38.8 Å². The average molecular weight is 493 g/mol. The van der Waals surface area contributed by atoms with Crippen LogP contribution >= 0.6 is 11.6 Å². The first-order chi connectivity index (χ1) is 16.0. The number of ketones is 1. The molecule has 1 aliphatic rings. The minimum absolute atomic E-state index is 0.0935. The second kappa shape index (κ2) is 8.85. The molecule has 0 aliphatic heterocycles. The van der Waals surface area contributed by atoms with E-state index >= 15 is 0 Å². The molecule has 4 rings (SSSR count). The first-order valence-corrected chi connectivity index (χ1v) is 12.6. The molecule has 1 N–H and O–H groups in total. The largest absolute Gasteiger partial charge is 0.352 e. The van der Waals surface area contributed by atoms with Crippen LogP contribution in [0.25, 0.3) is 0 Å². The summed E-state index contributed by atoms with van der Waals surface area (Å²) in [7, 11) is -4.01. The monoisotopic (exact) mass is 492 g/mol. The molecule has 1 aliphatic carbocycles. The van der Waals surface area contributed by atoms with Crippen molar-refractivity contribution in [1.29, 1.82) is 0 Å². The Morgan fingerprint density at radius 3 is 2.21 bits per heavy atom. The Balaban J connectivity index is 1.79. The highest BCUT2D eigenvalue weighted by Gasteiger charge is 2.27. The zero-order chi connectivity index (χ0) is 24.7. The molecule has 0 saturated carbocycles. The number of nitrogens with zero attached hydrogens (tertiary/aromatic N) is 1. The maximum Gasteiger partial charge on any atom is 0.282 e. The van der Waals surface area contributed by atoms with E-state index in [0.29, 0.717) is 21.8 Å². The van der Waals surface area contributed by atoms with Crippen LogP contribution in [-0.4, -0.2) is 19.9 Å². The number of halogens is 1. The smallest absolute Gasteiger partial charge is 0.282 e. The number of rotatable bonds is 4. The Bertz CT molecular complexity index is 1450. The van der Waals surface area contributed by atoms with Crippen molar-refractivity contribution in [3.63, 3.8) is 0 Å². The number of allylic oxidation sites excluding steroid dienone is 2. The molecule has 7 heteroatoms. The van der Waals surface area contributed by atoms with E-state index in [-0.39, 0.29) is 27.5 Å². The molecule has 34 heavy (non-hydrogen) atoms. The van der Waals surface area contributed by atoms with Gasteiger partial charge in [0.25, 0.3) is 10.0 Å². The zero-order valence-corrected chi connectivity index (χ0v) is 21.0. The predicted octanol–water partition coefficient (Wildman–Crippen LogP) is 6.32. The number of sulfonamides is 1. The SMILES string of the molecule is Cc1ccc(Cl)cc1NC1=C/C(=N\S(=O)(=O)c2ccc(C(C)(C)C)cc2)c2ccccc2C1=O. The van der Waals surface area contributed by atoms with Crippen LogP contribution in [0.15, 0.2) is 87.8 Å². The molecule has 0 radical (unpaired) electrons. The lowest BCUT2D eigenvalue weighted by atomic mass is 9.87. The Morgan fingerprint density at radius 1 is 0.912 bits per heavy atom. The zero-order valence-electron chi connectivity index (χ0n) is 19.4. The fraction of sp³-hybridized carbons (Fsp3) is 0.185. The summed E-state index contributed by atoms with van der Waals surface area (Å²) in [5.74, 6) is -0.249. The lowest BCUT2D eigenvalue weighted by Crippen LogP contribution is -2.23. The highest BCUT2D eigenvalue weighted by Crippen LogP contribution is 2.28. The molecule has 0 heterocycles. The molecule has 0 saturated heterocycles. The van der Waals surface area contributed by atoms with Gasteiger partial charge in [0.05, 0.1) is 16.3 Å². The number of fused-ring (bicyclic) bond motifs is 1. The third kappa shape index (κ3) is 4.83. The van der Waals surface area contributed by atoms with E-state index in [2.05, 4.69) is 30.5 Å². The summed E-state index contributed by atoms with van der Waals surface area (Å²) in [5.41, 5.74) is 3.74. The maximum absolute atomic E-state index is 13.2. The number of nitrogens with one attached hydrogen (secondary N) is 1. The Hall–Kier alpha value is -3.22. The number of benzene rings is 3. The number of hydrogen-bond donors (Lipinski definition) is 1. The molecule has 174 valence electrons. The van der Waals surface area contributed by atoms with Gasteiger partial charge in [0.15, 0.2) is 0 Å². The summed E-state index contributed by atoms with van der Waals surface area (Å²) in [4.78, 5) is 13.3. The van der Waals surface area contributed by atoms with Crippen molar-refractivity contribution in [3.05, 3.63) is 106 Å². The fourth-order valence-corrected chi connectivity index (χ4v) is 4.85. The molecule has 0 aromatic heterocycles. The summed E-state index contributed by atoms with van der Waals surface area (Å²) in [6, 6.07) is 18.9. The van der Waals surface area contributed by atoms with Gasteiger partial charge < -0.3 is 5.32 Å². The van der Waals surface area contributed by atoms with E-state index in [1.54, 1.807) is 60.7 Å². The first kappa shape index (κ1) is 23.9. The Kier molecular flexibility index (Phi) is 6.23. The predicted molar refractivity (Wildman–Crippen MR) is 138 cm³/mol. The normalized spacial score (nSPS) is 15.1. The Morgan fingerprint density at radius 2 is 1.56 bits per heavy atom. The lowest BCUT2D eigenvalue weighted by Gasteiger charge is -2.20. The minimum atomic E-state index is -4.01. The molecule has 3 aromatic carbocycles. The number of anilines is 1. The highest BCUT2D eigenvalue weighted by molar-refractivity contribution is 7.90. The van der Waals surface area contributed by atoms with Gasteiger partial charge >= 0.3 is 0 Å². The van der Waals surface area contributed by atoms with Crippen LogP contribution < -0.4 is 5.32 Å². The van der Waals surface area contributed by atoms with E-state index < -0.39 is 10.0 Å². The van der Waals surface area contributed by atoms with Crippen molar-refractivity contribution < 1.29 is 13.2 Å². The van der Waals surface area contributed by atoms with Gasteiger partial charge in [-0.25, -0.2) is 0 Å². The molecular formula is C27H25ClN2O3S. The highest BCUT2D eigenvalue weighted by atomic mass is 35.5. The van der Waals surface area contributed by atoms with Crippen LogP contribution in [0.5, 0.6) is 0 Å². The number of carbonyl (C=O) groups is 1. The average Bonchev–Trinajstić information content (AvgIpc) is 2.79. The van der Waals surface area contributed by atoms with Gasteiger partial charge in [-0.3, -0.25) is 4.79 Å². The third-order valence-electron chi connectivity index (χ3n) is 5.68. The number of hydrogen-bond acceptors (Lipinski definition) is 4. The van der Waals surface area contributed by atoms with Gasteiger partial charge in [-0.1, -0.05) is 74.8 Å². The summed E-state index contributed by atoms with van der Waals surface area (Å²) < 4.78 is 30.5. The number of aryl methyl sites for hydroxylation is 1. The van der Waals surface area contributed by atoms with Crippen LogP contribution in [0, 0.1) is 6.92 Å². The summed E-state index contributed by atoms with van der Waals surface area (Å²) in [6.45, 7) is 8.08. The first-order valence-electron chi connectivity index (χ1n) is 10.8. The number of Topliss-reactive ketones (excluding diaryl/α,β-unsaturated/α-hetero) is 1. The van der Waals surface area contributed by atoms with Crippen LogP contribution in [-0.2, 0) is 15.4 Å². The standard InChI is InChI=1S/C27H25ClN2O3S/c1-17-9-12-19(28)15-23(17)29-25-16-24(21-7-5-6-8-22(21)26(25)31)30-34(32,33)20-13-10-18(11-14-20)27(2,3)4/h5-16,29H,1-4H3/b30-24+. The molecule has 0 spiro atoms. The van der Waals surface area contributed by atoms with Crippen molar-refractivity contribution in [2.24, 2.45) is 4.40 Å². The second-order valence-corrected chi connectivity index (χ2v) is 11.3. The van der Waals surface area contributed by atoms with Gasteiger partial charge in [-0.05, 0) is 53.8 Å². The van der Waals surface area contributed by atoms with Crippen LogP contribution in [0.2, 0.25) is 5.02 Å². The van der Waals surface area contributed by atoms with Crippen LogP contribution in [0.3, 0.4) is 0 Å². The van der Waals surface area contributed by atoms with E-state index in [1.165, 1.54) is 6.08 Å². The fourth-order valence-electron chi connectivity index (χ4n) is 3.68. The molecule has 0 bridgehead atoms. The van der Waals surface area contributed by atoms with Crippen LogP contribution in [0.1, 0.15) is 47.8 Å². The summed E-state index contributed by atoms with van der Waals surface area (Å²) in [6.07, 6.45) is 1.48. The van der Waals surface area contributed by atoms with E-state index in [1.807, 2.05) is 13.0 Å². The summed E-state index contributed by atoms with van der Waals surface area (Å²) >= 11 is 6.13. The molecule has 0 amide bonds. The molecule has 3 aromatic rings. The third-order valence-corrected chi connectivity index (χ3v) is 7.22. The van der Waals surface area contributed by atoms with E-state index in [9.17, 15) is 13.2 Å². The summed E-state index contributed by atoms with van der Waals surface area (Å²) in [5, 5.41) is 3.63. The second-order valence-electron chi connectivity index (χ2n) is 9.24. The van der Waals surface area contributed by atoms with Crippen LogP contribution in [0.4, 0.5) is 5.69 Å². The van der Waals surface area contributed by atoms with Crippen molar-refractivity contribution in [3.8, 4) is 0 Å². The quantitative estimate of drug-likeness (QED) is 0.462. The minimum Gasteiger partial charge on any atom is -0.352 e. The molecule has 0 unspecified atom stereocenters. The molecule has 5 nitrogen and oxygen atoms in total. The van der Waals surface area contributed by atoms with Crippen molar-refractivity contribution in [1.82, 2.24) is 0 Å². The van der Waals surface area contributed by atoms with Gasteiger partial charge in [0.1, 0.15) is 0 Å². The van der Waals surface area contributed by atoms with Gasteiger partial charge in [0, 0.05) is 21.8 Å². The topological polar surface area (TPSA) is 75.6 Å². The van der Waals surface area contributed by atoms with Crippen molar-refractivity contribution in [2.75, 3.05) is 5.32 Å². The van der Waals surface area contributed by atoms with Crippen molar-refractivity contribution in [2.45, 2.75) is 38.0 Å². The Labute approximate surface area is 205 Å². The molecule has 0 fully saturated rings. The molecular weight excluding hydrogens is 468 g/mol. The van der Waals surface area contributed by atoms with Gasteiger partial charge in [-0.2, -0.15) is 12.8 Å². The van der Waals surface area contributed by atoms with E-state index in [4.69, 9.17) is 11.6 Å². The molecule has 0 atom stereocenters. The number of carbonyl (C=O) groups excluding carboxylic acids is 1. The van der Waals surface area contributed by atoms with Gasteiger partial charge in [0.2, 0.25) is 5.78 Å².